The molecule has 0 amide bonds. The van der Waals surface area contributed by atoms with Crippen molar-refractivity contribution in [1.82, 2.24) is 0 Å². The van der Waals surface area contributed by atoms with Gasteiger partial charge in [0.2, 0.25) is 0 Å². The van der Waals surface area contributed by atoms with Gasteiger partial charge in [-0.15, -0.1) is 0 Å². The molecule has 180 valence electrons. The van der Waals surface area contributed by atoms with Crippen LogP contribution < -0.4 is 0 Å². The van der Waals surface area contributed by atoms with Crippen LogP contribution in [0.4, 0.5) is 26.3 Å². The molecule has 0 unspecified atom stereocenters. The van der Waals surface area contributed by atoms with E-state index in [1.807, 2.05) is 30.3 Å². The summed E-state index contributed by atoms with van der Waals surface area (Å²) in [6.07, 6.45) is -8.72. The average Bonchev–Trinajstić information content (AvgIpc) is 2.78. The maximum atomic E-state index is 13.2. The Morgan fingerprint density at radius 3 is 2.00 bits per heavy atom. The number of benzene rings is 2. The van der Waals surface area contributed by atoms with Crippen LogP contribution in [0, 0.1) is 0 Å². The van der Waals surface area contributed by atoms with E-state index in [9.17, 15) is 31.1 Å². The second kappa shape index (κ2) is 9.75. The van der Waals surface area contributed by atoms with Crippen LogP contribution in [-0.2, 0) is 32.0 Å². The Hall–Kier alpha value is -2.55. The van der Waals surface area contributed by atoms with E-state index in [0.29, 0.717) is 44.3 Å². The second-order valence-electron chi connectivity index (χ2n) is 8.37. The smallest absolute Gasteiger partial charge is 0.416 e. The zero-order valence-corrected chi connectivity index (χ0v) is 17.9. The molecular weight excluding hydrogens is 450 g/mol. The maximum Gasteiger partial charge on any atom is 0.416 e. The molecular formula is C24H24F6O3. The summed E-state index contributed by atoms with van der Waals surface area (Å²) >= 11 is 0. The fourth-order valence-electron chi connectivity index (χ4n) is 4.26. The van der Waals surface area contributed by atoms with Gasteiger partial charge in [0.25, 0.3) is 6.47 Å². The molecule has 9 heteroatoms. The summed E-state index contributed by atoms with van der Waals surface area (Å²) in [4.78, 5) is 10.7. The van der Waals surface area contributed by atoms with E-state index in [-0.39, 0.29) is 24.3 Å². The van der Waals surface area contributed by atoms with Gasteiger partial charge in [-0.2, -0.15) is 26.3 Å². The van der Waals surface area contributed by atoms with Crippen molar-refractivity contribution in [2.24, 2.45) is 0 Å². The molecule has 1 aliphatic rings. The van der Waals surface area contributed by atoms with E-state index < -0.39 is 35.0 Å². The molecule has 1 saturated carbocycles. The lowest BCUT2D eigenvalue weighted by Crippen LogP contribution is -2.38. The van der Waals surface area contributed by atoms with E-state index >= 15 is 0 Å². The van der Waals surface area contributed by atoms with Gasteiger partial charge in [-0.3, -0.25) is 4.79 Å². The molecule has 3 nitrogen and oxygen atoms in total. The van der Waals surface area contributed by atoms with Gasteiger partial charge in [0.05, 0.1) is 23.8 Å². The summed E-state index contributed by atoms with van der Waals surface area (Å²) in [5.74, 6) is 0. The van der Waals surface area contributed by atoms with Gasteiger partial charge in [0.1, 0.15) is 6.10 Å². The van der Waals surface area contributed by atoms with Crippen molar-refractivity contribution in [3.05, 3.63) is 70.8 Å². The normalized spacial score (nSPS) is 22.6. The van der Waals surface area contributed by atoms with Crippen molar-refractivity contribution in [3.8, 4) is 0 Å². The predicted molar refractivity (Wildman–Crippen MR) is 108 cm³/mol. The molecule has 0 spiro atoms. The highest BCUT2D eigenvalue weighted by Gasteiger charge is 2.40. The molecule has 33 heavy (non-hydrogen) atoms. The molecule has 0 aromatic heterocycles. The second-order valence-corrected chi connectivity index (χ2v) is 8.37. The van der Waals surface area contributed by atoms with Crippen LogP contribution in [0.2, 0.25) is 0 Å². The molecule has 3 rings (SSSR count). The number of alkyl halides is 6. The fraction of sp³-hybridized carbons (Fsp3) is 0.458. The fourth-order valence-corrected chi connectivity index (χ4v) is 4.26. The highest BCUT2D eigenvalue weighted by atomic mass is 19.4. The Bertz CT molecular complexity index is 899. The maximum absolute atomic E-state index is 13.2. The molecule has 0 aliphatic heterocycles. The minimum atomic E-state index is -4.92. The summed E-state index contributed by atoms with van der Waals surface area (Å²) in [5.41, 5.74) is -2.47. The lowest BCUT2D eigenvalue weighted by Gasteiger charge is -2.40. The summed E-state index contributed by atoms with van der Waals surface area (Å²) in [6.45, 7) is 1.95. The van der Waals surface area contributed by atoms with Crippen LogP contribution in [0.15, 0.2) is 48.5 Å². The van der Waals surface area contributed by atoms with Crippen molar-refractivity contribution in [2.45, 2.75) is 62.6 Å². The number of hydrogen-bond donors (Lipinski definition) is 0. The average molecular weight is 474 g/mol. The van der Waals surface area contributed by atoms with Gasteiger partial charge in [0, 0.05) is 5.41 Å². The van der Waals surface area contributed by atoms with Crippen LogP contribution in [0.25, 0.3) is 0 Å². The summed E-state index contributed by atoms with van der Waals surface area (Å²) in [7, 11) is 0. The van der Waals surface area contributed by atoms with Crippen molar-refractivity contribution >= 4 is 6.47 Å². The minimum absolute atomic E-state index is 0.101. The Balaban J connectivity index is 1.85. The monoisotopic (exact) mass is 474 g/mol. The molecule has 0 radical (unpaired) electrons. The van der Waals surface area contributed by atoms with Crippen LogP contribution in [-0.4, -0.2) is 19.2 Å². The number of hydrogen-bond acceptors (Lipinski definition) is 3. The minimum Gasteiger partial charge on any atom is -0.465 e. The molecule has 0 N–H and O–H groups in total. The Kier molecular flexibility index (Phi) is 7.41. The van der Waals surface area contributed by atoms with E-state index in [1.165, 1.54) is 6.92 Å². The molecule has 0 heterocycles. The topological polar surface area (TPSA) is 35.5 Å². The number of rotatable bonds is 7. The molecule has 1 aliphatic carbocycles. The first-order valence-corrected chi connectivity index (χ1v) is 10.5. The van der Waals surface area contributed by atoms with E-state index in [4.69, 9.17) is 9.47 Å². The predicted octanol–water partition coefficient (Wildman–Crippen LogP) is 6.86. The SMILES string of the molecule is C[C@@H](OCC1(c2ccccc2)CCC(OC=O)CC1)c1cc(C(F)(F)F)cc(C(F)(F)F)c1. The Morgan fingerprint density at radius 2 is 1.52 bits per heavy atom. The molecule has 0 saturated heterocycles. The van der Waals surface area contributed by atoms with Gasteiger partial charge in [-0.25, -0.2) is 0 Å². The number of halogens is 6. The van der Waals surface area contributed by atoms with Crippen LogP contribution in [0.3, 0.4) is 0 Å². The number of ether oxygens (including phenoxy) is 2. The van der Waals surface area contributed by atoms with Crippen LogP contribution in [0.5, 0.6) is 0 Å². The first kappa shape index (κ1) is 25.1. The van der Waals surface area contributed by atoms with Crippen molar-refractivity contribution in [3.63, 3.8) is 0 Å². The highest BCUT2D eigenvalue weighted by molar-refractivity contribution is 5.38. The summed E-state index contributed by atoms with van der Waals surface area (Å²) < 4.78 is 90.3. The Labute approximate surface area is 187 Å². The van der Waals surface area contributed by atoms with Gasteiger partial charge < -0.3 is 9.47 Å². The lowest BCUT2D eigenvalue weighted by molar-refractivity contribution is -0.143. The largest absolute Gasteiger partial charge is 0.465 e. The summed E-state index contributed by atoms with van der Waals surface area (Å²) in [6, 6.07) is 10.9. The third-order valence-electron chi connectivity index (χ3n) is 6.21. The molecule has 1 fully saturated rings. The van der Waals surface area contributed by atoms with E-state index in [0.717, 1.165) is 5.56 Å². The quantitative estimate of drug-likeness (QED) is 0.325. The van der Waals surface area contributed by atoms with Crippen LogP contribution >= 0.6 is 0 Å². The molecule has 1 atom stereocenters. The number of carbonyl (C=O) groups excluding carboxylic acids is 1. The van der Waals surface area contributed by atoms with Crippen LogP contribution in [0.1, 0.15) is 61.0 Å². The third-order valence-corrected chi connectivity index (χ3v) is 6.21. The Morgan fingerprint density at radius 1 is 0.970 bits per heavy atom. The standard InChI is InChI=1S/C24H24F6O3/c1-16(17-11-19(23(25,26)27)13-20(12-17)24(28,29)30)32-14-22(18-5-3-2-4-6-18)9-7-21(8-10-22)33-15-31/h2-6,11-13,15-16,21H,7-10,14H2,1H3/t16-,21?,22?/m1/s1. The highest BCUT2D eigenvalue weighted by Crippen LogP contribution is 2.42. The van der Waals surface area contributed by atoms with Gasteiger partial charge in [-0.1, -0.05) is 30.3 Å². The lowest BCUT2D eigenvalue weighted by atomic mass is 9.69. The van der Waals surface area contributed by atoms with Crippen molar-refractivity contribution in [1.29, 1.82) is 0 Å². The van der Waals surface area contributed by atoms with Crippen molar-refractivity contribution < 1.29 is 40.6 Å². The first-order chi connectivity index (χ1) is 15.4. The number of carbonyl (C=O) groups is 1. The zero-order chi connectivity index (χ0) is 24.3. The van der Waals surface area contributed by atoms with Gasteiger partial charge in [0.15, 0.2) is 0 Å². The third kappa shape index (κ3) is 6.07. The van der Waals surface area contributed by atoms with E-state index in [1.54, 1.807) is 0 Å². The molecule has 2 aromatic rings. The van der Waals surface area contributed by atoms with Gasteiger partial charge >= 0.3 is 12.4 Å². The van der Waals surface area contributed by atoms with Crippen molar-refractivity contribution in [2.75, 3.05) is 6.61 Å². The summed E-state index contributed by atoms with van der Waals surface area (Å²) in [5, 5.41) is 0. The van der Waals surface area contributed by atoms with Gasteiger partial charge in [-0.05, 0) is 61.9 Å². The van der Waals surface area contributed by atoms with E-state index in [2.05, 4.69) is 0 Å². The molecule has 0 bridgehead atoms. The molecule has 2 aromatic carbocycles. The zero-order valence-electron chi connectivity index (χ0n) is 17.9. The first-order valence-electron chi connectivity index (χ1n) is 10.5.